The van der Waals surface area contributed by atoms with Gasteiger partial charge in [0.2, 0.25) is 0 Å². The van der Waals surface area contributed by atoms with Crippen LogP contribution in [0.1, 0.15) is 0 Å². The molecule has 0 spiro atoms. The van der Waals surface area contributed by atoms with E-state index in [1.54, 1.807) is 127 Å². The van der Waals surface area contributed by atoms with E-state index in [0.717, 1.165) is 5.06 Å². The Morgan fingerprint density at radius 1 is 0.314 bits per heavy atom. The molecule has 0 saturated carbocycles. The zero-order valence-corrected chi connectivity index (χ0v) is 34.2. The molecule has 0 heterocycles. The van der Waals surface area contributed by atoms with E-state index in [1.165, 1.54) is 14.1 Å². The van der Waals surface area contributed by atoms with Crippen LogP contribution in [0.5, 0.6) is 0 Å². The van der Waals surface area contributed by atoms with E-state index in [4.69, 9.17) is 0 Å². The molecule has 0 saturated heterocycles. The van der Waals surface area contributed by atoms with E-state index in [9.17, 15) is 5.21 Å². The van der Waals surface area contributed by atoms with Gasteiger partial charge in [-0.05, 0) is 14.1 Å². The molecule has 15 heteroatoms. The number of hydroxylamine groups is 2. The normalized spacial score (nSPS) is 5.66. The van der Waals surface area contributed by atoms with Gasteiger partial charge < -0.3 is 63.6 Å². The molecule has 0 aromatic heterocycles. The minimum absolute atomic E-state index is 0. The van der Waals surface area contributed by atoms with Crippen LogP contribution in [-0.2, 0) is 84.1 Å². The van der Waals surface area contributed by atoms with Crippen molar-refractivity contribution >= 4 is 0 Å². The van der Waals surface area contributed by atoms with Crippen LogP contribution < -0.4 is 0 Å². The van der Waals surface area contributed by atoms with Gasteiger partial charge in [0.25, 0.3) is 0 Å². The first-order valence-corrected chi connectivity index (χ1v) is 9.13. The molecular weight excluding hydrogens is 686 g/mol. The van der Waals surface area contributed by atoms with Crippen molar-refractivity contribution < 1.29 is 84.1 Å². The van der Waals surface area contributed by atoms with Gasteiger partial charge in [-0.25, -0.2) is 0 Å². The van der Waals surface area contributed by atoms with Crippen LogP contribution in [0.3, 0.4) is 0 Å². The van der Waals surface area contributed by atoms with Gasteiger partial charge in [0.15, 0.2) is 0 Å². The van der Waals surface area contributed by atoms with Crippen molar-refractivity contribution in [3.8, 4) is 0 Å². The molecule has 0 aromatic carbocycles. The minimum atomic E-state index is 0. The molecule has 0 aliphatic heterocycles. The van der Waals surface area contributed by atoms with Crippen molar-refractivity contribution in [2.75, 3.05) is 141 Å². The summed E-state index contributed by atoms with van der Waals surface area (Å²) in [7, 11) is 34.4. The maximum atomic E-state index is 9.36. The van der Waals surface area contributed by atoms with E-state index in [-0.39, 0.29) is 84.1 Å². The van der Waals surface area contributed by atoms with Crippen molar-refractivity contribution in [1.29, 1.82) is 0 Å². The third-order valence-electron chi connectivity index (χ3n) is 0. The standard InChI is InChI=1S/C2H6NO.9C2H6N.O.3Zr/c1-3(2)4;9*1-3-2;;;;/h1-2H3;9*1-2H3;;;;/q10*-1;-2;3*+4. The van der Waals surface area contributed by atoms with Crippen LogP contribution in [0.15, 0.2) is 0 Å². The van der Waals surface area contributed by atoms with Crippen LogP contribution in [0.2, 0.25) is 0 Å². The van der Waals surface area contributed by atoms with Crippen molar-refractivity contribution in [2.45, 2.75) is 0 Å². The summed E-state index contributed by atoms with van der Waals surface area (Å²) in [6.07, 6.45) is 0. The summed E-state index contributed by atoms with van der Waals surface area (Å²) in [6, 6.07) is 0. The maximum absolute atomic E-state index is 9.36. The Morgan fingerprint density at radius 3 is 0.314 bits per heavy atom. The average molecular weight is 746 g/mol. The third-order valence-corrected chi connectivity index (χ3v) is 0. The van der Waals surface area contributed by atoms with Crippen LogP contribution in [0.4, 0.5) is 0 Å². The fourth-order valence-corrected chi connectivity index (χ4v) is 0. The SMILES string of the molecule is CN(C)[O-].C[N-]C.C[N-]C.C[N-]C.C[N-]C.C[N-]C.C[N-]C.C[N-]C.C[N-]C.C[N-]C.[O-2].[Zr+4].[Zr+4].[Zr+4]. The fourth-order valence-electron chi connectivity index (χ4n) is 0. The molecule has 0 N–H and O–H groups in total. The van der Waals surface area contributed by atoms with Gasteiger partial charge in [0.1, 0.15) is 0 Å². The van der Waals surface area contributed by atoms with Gasteiger partial charge >= 0.3 is 78.6 Å². The number of nitrogens with zero attached hydrogens (tertiary/aromatic N) is 10. The van der Waals surface area contributed by atoms with Gasteiger partial charge in [0.05, 0.1) is 0 Å². The molecule has 0 atom stereocenters. The third kappa shape index (κ3) is 8970. The minimum Gasteiger partial charge on any atom is -2.00 e. The first kappa shape index (κ1) is 90.6. The topological polar surface area (TPSA) is 182 Å². The van der Waals surface area contributed by atoms with Gasteiger partial charge in [-0.15, -0.1) is 0 Å². The first-order valence-electron chi connectivity index (χ1n) is 9.13. The van der Waals surface area contributed by atoms with E-state index in [1.807, 2.05) is 0 Å². The summed E-state index contributed by atoms with van der Waals surface area (Å²) < 4.78 is 0. The van der Waals surface area contributed by atoms with E-state index >= 15 is 0 Å². The summed E-state index contributed by atoms with van der Waals surface area (Å²) >= 11 is 0. The quantitative estimate of drug-likeness (QED) is 0.297. The molecule has 0 bridgehead atoms. The van der Waals surface area contributed by atoms with Crippen molar-refractivity contribution in [3.05, 3.63) is 53.1 Å². The smallest absolute Gasteiger partial charge is 2.00 e. The van der Waals surface area contributed by atoms with Crippen LogP contribution >= 0.6 is 0 Å². The fraction of sp³-hybridized carbons (Fsp3) is 1.00. The zero-order chi connectivity index (χ0) is 27.9. The van der Waals surface area contributed by atoms with Crippen molar-refractivity contribution in [1.82, 2.24) is 5.06 Å². The van der Waals surface area contributed by atoms with Gasteiger partial charge in [-0.1, -0.05) is 0 Å². The Kier molecular flexibility index (Phi) is 577. The Labute approximate surface area is 280 Å². The Morgan fingerprint density at radius 2 is 0.314 bits per heavy atom. The predicted molar refractivity (Wildman–Crippen MR) is 155 cm³/mol. The zero-order valence-electron chi connectivity index (χ0n) is 26.8. The van der Waals surface area contributed by atoms with E-state index in [2.05, 4.69) is 47.9 Å². The predicted octanol–water partition coefficient (Wildman–Crippen LogP) is 5.50. The Hall–Kier alpha value is 2.17. The van der Waals surface area contributed by atoms with Gasteiger partial charge in [0, 0.05) is 0 Å². The molecular formula is C20H60N10O2Zr3. The molecule has 0 unspecified atom stereocenters. The van der Waals surface area contributed by atoms with E-state index in [0.29, 0.717) is 0 Å². The van der Waals surface area contributed by atoms with Crippen LogP contribution in [0, 0.1) is 5.21 Å². The van der Waals surface area contributed by atoms with E-state index < -0.39 is 0 Å². The van der Waals surface area contributed by atoms with Crippen LogP contribution in [0.25, 0.3) is 47.9 Å². The number of hydrogen-bond donors (Lipinski definition) is 0. The average Bonchev–Trinajstić information content (AvgIpc) is 2.60. The summed E-state index contributed by atoms with van der Waals surface area (Å²) in [5.74, 6) is 0. The van der Waals surface area contributed by atoms with Crippen molar-refractivity contribution in [2.24, 2.45) is 0 Å². The molecule has 0 fully saturated rings. The van der Waals surface area contributed by atoms with Gasteiger partial charge in [-0.2, -0.15) is 127 Å². The largest absolute Gasteiger partial charge is 4.00 e. The molecule has 12 nitrogen and oxygen atoms in total. The summed E-state index contributed by atoms with van der Waals surface area (Å²) in [6.45, 7) is 0. The summed E-state index contributed by atoms with van der Waals surface area (Å²) in [5, 5.41) is 41.6. The second kappa shape index (κ2) is 223. The monoisotopic (exact) mass is 742 g/mol. The van der Waals surface area contributed by atoms with Crippen LogP contribution in [-0.4, -0.2) is 146 Å². The second-order valence-electron chi connectivity index (χ2n) is 4.84. The molecule has 0 amide bonds. The molecule has 0 aliphatic carbocycles. The summed E-state index contributed by atoms with van der Waals surface area (Å²) in [5.41, 5.74) is 0. The number of hydrogen-bond acceptors (Lipinski definition) is 2. The Bertz CT molecular complexity index is 106. The summed E-state index contributed by atoms with van der Waals surface area (Å²) in [4.78, 5) is 0. The van der Waals surface area contributed by atoms with Crippen molar-refractivity contribution in [3.63, 3.8) is 0 Å². The first-order chi connectivity index (χ1) is 14.5. The molecule has 0 rings (SSSR count). The second-order valence-corrected chi connectivity index (χ2v) is 4.84. The molecule has 0 aromatic rings. The maximum Gasteiger partial charge on any atom is 4.00 e. The molecule has 214 valence electrons. The number of rotatable bonds is 0. The molecule has 35 heavy (non-hydrogen) atoms. The Balaban J connectivity index is -0.0000000115. The van der Waals surface area contributed by atoms with Gasteiger partial charge in [-0.3, -0.25) is 0 Å². The molecule has 0 radical (unpaired) electrons. The molecule has 0 aliphatic rings.